The molecule has 0 N–H and O–H groups in total. The molecule has 0 unspecified atom stereocenters. The van der Waals surface area contributed by atoms with Crippen LogP contribution in [0, 0.1) is 5.82 Å². The highest BCUT2D eigenvalue weighted by molar-refractivity contribution is 5.99. The maximum absolute atomic E-state index is 12.9. The van der Waals surface area contributed by atoms with Crippen LogP contribution in [0.25, 0.3) is 11.1 Å². The second-order valence-electron chi connectivity index (χ2n) is 4.74. The van der Waals surface area contributed by atoms with E-state index in [9.17, 15) is 14.0 Å². The Balaban J connectivity index is 2.04. The lowest BCUT2D eigenvalue weighted by Crippen LogP contribution is -2.22. The standard InChI is InChI=1S/C15H12FN3O4/c1-2-22-15(21)12-11-13(23-18-12)17-8-19(14(11)20)7-9-3-5-10(16)6-4-9/h3-6,8H,2,7H2,1H3. The Hall–Kier alpha value is -3.03. The molecule has 3 rings (SSSR count). The van der Waals surface area contributed by atoms with E-state index in [0.717, 1.165) is 0 Å². The normalized spacial score (nSPS) is 10.9. The van der Waals surface area contributed by atoms with Crippen LogP contribution in [0.15, 0.2) is 39.9 Å². The first-order valence-corrected chi connectivity index (χ1v) is 6.86. The number of hydrogen-bond donors (Lipinski definition) is 0. The minimum atomic E-state index is -0.746. The van der Waals surface area contributed by atoms with E-state index in [4.69, 9.17) is 9.26 Å². The summed E-state index contributed by atoms with van der Waals surface area (Å²) in [5.41, 5.74) is -0.00590. The molecule has 7 nitrogen and oxygen atoms in total. The van der Waals surface area contributed by atoms with Crippen molar-refractivity contribution in [2.75, 3.05) is 6.61 Å². The van der Waals surface area contributed by atoms with Crippen molar-refractivity contribution in [3.05, 3.63) is 58.0 Å². The van der Waals surface area contributed by atoms with Gasteiger partial charge in [-0.1, -0.05) is 17.3 Å². The molecule has 1 aromatic carbocycles. The average Bonchev–Trinajstić information content (AvgIpc) is 2.97. The van der Waals surface area contributed by atoms with Gasteiger partial charge in [0.05, 0.1) is 13.2 Å². The fraction of sp³-hybridized carbons (Fsp3) is 0.200. The van der Waals surface area contributed by atoms with E-state index in [2.05, 4.69) is 10.1 Å². The molecule has 8 heteroatoms. The summed E-state index contributed by atoms with van der Waals surface area (Å²) in [6, 6.07) is 5.73. The van der Waals surface area contributed by atoms with Gasteiger partial charge in [-0.2, -0.15) is 0 Å². The summed E-state index contributed by atoms with van der Waals surface area (Å²) in [7, 11) is 0. The summed E-state index contributed by atoms with van der Waals surface area (Å²) in [4.78, 5) is 28.3. The van der Waals surface area contributed by atoms with Crippen molar-refractivity contribution in [3.8, 4) is 0 Å². The van der Waals surface area contributed by atoms with Crippen LogP contribution < -0.4 is 5.56 Å². The predicted octanol–water partition coefficient (Wildman–Crippen LogP) is 1.75. The Bertz CT molecular complexity index is 915. The molecule has 0 fully saturated rings. The molecule has 0 aliphatic carbocycles. The molecular formula is C15H12FN3O4. The first-order chi connectivity index (χ1) is 11.1. The van der Waals surface area contributed by atoms with Gasteiger partial charge in [0, 0.05) is 0 Å². The van der Waals surface area contributed by atoms with E-state index in [0.29, 0.717) is 5.56 Å². The number of nitrogens with zero attached hydrogens (tertiary/aromatic N) is 3. The average molecular weight is 317 g/mol. The minimum absolute atomic E-state index is 0.0339. The molecular weight excluding hydrogens is 305 g/mol. The third kappa shape index (κ3) is 2.83. The Morgan fingerprint density at radius 3 is 2.78 bits per heavy atom. The number of carbonyl (C=O) groups excluding carboxylic acids is 1. The zero-order chi connectivity index (χ0) is 16.4. The zero-order valence-electron chi connectivity index (χ0n) is 12.2. The number of benzene rings is 1. The quantitative estimate of drug-likeness (QED) is 0.681. The van der Waals surface area contributed by atoms with Gasteiger partial charge < -0.3 is 9.26 Å². The second-order valence-corrected chi connectivity index (χ2v) is 4.74. The highest BCUT2D eigenvalue weighted by Crippen LogP contribution is 2.13. The van der Waals surface area contributed by atoms with Gasteiger partial charge in [0.15, 0.2) is 0 Å². The molecule has 0 aliphatic heterocycles. The van der Waals surface area contributed by atoms with Crippen molar-refractivity contribution in [1.29, 1.82) is 0 Å². The van der Waals surface area contributed by atoms with Gasteiger partial charge in [-0.3, -0.25) is 9.36 Å². The molecule has 3 aromatic rings. The van der Waals surface area contributed by atoms with Gasteiger partial charge in [-0.25, -0.2) is 14.2 Å². The molecule has 2 heterocycles. The summed E-state index contributed by atoms with van der Waals surface area (Å²) in [5.74, 6) is -1.11. The summed E-state index contributed by atoms with van der Waals surface area (Å²) in [5, 5.41) is 3.53. The molecule has 0 bridgehead atoms. The van der Waals surface area contributed by atoms with Gasteiger partial charge in [0.2, 0.25) is 5.69 Å². The smallest absolute Gasteiger partial charge is 0.361 e. The topological polar surface area (TPSA) is 87.2 Å². The number of ether oxygens (including phenoxy) is 1. The van der Waals surface area contributed by atoms with Crippen LogP contribution in [0.2, 0.25) is 0 Å². The molecule has 0 spiro atoms. The first kappa shape index (κ1) is 14.9. The number of halogens is 1. The Morgan fingerprint density at radius 1 is 1.35 bits per heavy atom. The van der Waals surface area contributed by atoms with E-state index >= 15 is 0 Å². The van der Waals surface area contributed by atoms with Crippen LogP contribution in [0.5, 0.6) is 0 Å². The fourth-order valence-electron chi connectivity index (χ4n) is 2.12. The van der Waals surface area contributed by atoms with Gasteiger partial charge in [0.25, 0.3) is 11.3 Å². The molecule has 0 atom stereocenters. The van der Waals surface area contributed by atoms with Crippen molar-refractivity contribution < 1.29 is 18.4 Å². The monoisotopic (exact) mass is 317 g/mol. The van der Waals surface area contributed by atoms with E-state index in [-0.39, 0.29) is 35.8 Å². The van der Waals surface area contributed by atoms with Crippen LogP contribution in [0.3, 0.4) is 0 Å². The number of carbonyl (C=O) groups is 1. The summed E-state index contributed by atoms with van der Waals surface area (Å²) in [6.45, 7) is 1.97. The highest BCUT2D eigenvalue weighted by atomic mass is 19.1. The summed E-state index contributed by atoms with van der Waals surface area (Å²) in [6.07, 6.45) is 1.29. The zero-order valence-corrected chi connectivity index (χ0v) is 12.2. The molecule has 0 amide bonds. The Morgan fingerprint density at radius 2 is 2.09 bits per heavy atom. The van der Waals surface area contributed by atoms with Crippen LogP contribution >= 0.6 is 0 Å². The summed E-state index contributed by atoms with van der Waals surface area (Å²) < 4.78 is 24.0. The lowest BCUT2D eigenvalue weighted by atomic mass is 10.2. The number of hydrogen-bond acceptors (Lipinski definition) is 6. The minimum Gasteiger partial charge on any atom is -0.461 e. The lowest BCUT2D eigenvalue weighted by molar-refractivity contribution is 0.0516. The maximum Gasteiger partial charge on any atom is 0.361 e. The van der Waals surface area contributed by atoms with E-state index in [1.165, 1.54) is 23.0 Å². The Kier molecular flexibility index (Phi) is 3.88. The number of rotatable bonds is 4. The van der Waals surface area contributed by atoms with E-state index in [1.807, 2.05) is 0 Å². The predicted molar refractivity (Wildman–Crippen MR) is 77.5 cm³/mol. The maximum atomic E-state index is 12.9. The van der Waals surface area contributed by atoms with Crippen molar-refractivity contribution in [3.63, 3.8) is 0 Å². The van der Waals surface area contributed by atoms with Crippen LogP contribution in [0.4, 0.5) is 4.39 Å². The second kappa shape index (κ2) is 5.99. The SMILES string of the molecule is CCOC(=O)c1noc2ncn(Cc3ccc(F)cc3)c(=O)c12. The number of esters is 1. The van der Waals surface area contributed by atoms with Gasteiger partial charge in [0.1, 0.15) is 17.5 Å². The van der Waals surface area contributed by atoms with E-state index in [1.54, 1.807) is 19.1 Å². The molecule has 0 aliphatic rings. The van der Waals surface area contributed by atoms with Crippen LogP contribution in [0.1, 0.15) is 23.0 Å². The molecule has 2 aromatic heterocycles. The molecule has 23 heavy (non-hydrogen) atoms. The van der Waals surface area contributed by atoms with Crippen LogP contribution in [-0.2, 0) is 11.3 Å². The third-order valence-electron chi connectivity index (χ3n) is 3.20. The van der Waals surface area contributed by atoms with Gasteiger partial charge in [-0.05, 0) is 24.6 Å². The summed E-state index contributed by atoms with van der Waals surface area (Å²) >= 11 is 0. The van der Waals surface area contributed by atoms with Crippen molar-refractivity contribution in [1.82, 2.24) is 14.7 Å². The van der Waals surface area contributed by atoms with Crippen molar-refractivity contribution in [2.45, 2.75) is 13.5 Å². The van der Waals surface area contributed by atoms with Crippen molar-refractivity contribution >= 4 is 17.1 Å². The number of fused-ring (bicyclic) bond motifs is 1. The molecule has 0 radical (unpaired) electrons. The molecule has 0 saturated heterocycles. The van der Waals surface area contributed by atoms with Gasteiger partial charge >= 0.3 is 5.97 Å². The van der Waals surface area contributed by atoms with Crippen LogP contribution in [-0.4, -0.2) is 27.3 Å². The largest absolute Gasteiger partial charge is 0.461 e. The Labute approximate surface area is 129 Å². The fourth-order valence-corrected chi connectivity index (χ4v) is 2.12. The molecule has 118 valence electrons. The van der Waals surface area contributed by atoms with E-state index < -0.39 is 11.5 Å². The number of aromatic nitrogens is 3. The van der Waals surface area contributed by atoms with Crippen molar-refractivity contribution in [2.24, 2.45) is 0 Å². The molecule has 0 saturated carbocycles. The highest BCUT2D eigenvalue weighted by Gasteiger charge is 2.22. The lowest BCUT2D eigenvalue weighted by Gasteiger charge is -2.05. The van der Waals surface area contributed by atoms with Gasteiger partial charge in [-0.15, -0.1) is 0 Å². The third-order valence-corrected chi connectivity index (χ3v) is 3.20. The first-order valence-electron chi connectivity index (χ1n) is 6.86.